The van der Waals surface area contributed by atoms with Crippen LogP contribution in [0.25, 0.3) is 0 Å². The molecule has 0 spiro atoms. The highest BCUT2D eigenvalue weighted by Gasteiger charge is 2.38. The summed E-state index contributed by atoms with van der Waals surface area (Å²) in [4.78, 5) is 19.8. The summed E-state index contributed by atoms with van der Waals surface area (Å²) in [6, 6.07) is -0.176. The van der Waals surface area contributed by atoms with Gasteiger partial charge in [0.15, 0.2) is 11.6 Å². The molecule has 0 saturated heterocycles. The Kier molecular flexibility index (Phi) is 4.48. The maximum Gasteiger partial charge on any atom is 0.316 e. The van der Waals surface area contributed by atoms with Gasteiger partial charge in [-0.25, -0.2) is 23.2 Å². The number of nitrogens with zero attached hydrogens (tertiary/aromatic N) is 2. The Morgan fingerprint density at radius 2 is 1.77 bits per heavy atom. The van der Waals surface area contributed by atoms with E-state index < -0.39 is 35.4 Å². The number of hydrogen-bond acceptors (Lipinski definition) is 5. The smallest absolute Gasteiger partial charge is 0.316 e. The zero-order valence-electron chi connectivity index (χ0n) is 12.1. The van der Waals surface area contributed by atoms with E-state index in [-0.39, 0.29) is 17.3 Å². The number of esters is 1. The van der Waals surface area contributed by atoms with Crippen LogP contribution in [0, 0.1) is 23.4 Å². The molecule has 8 heteroatoms. The van der Waals surface area contributed by atoms with Gasteiger partial charge in [-0.3, -0.25) is 4.79 Å². The van der Waals surface area contributed by atoms with Gasteiger partial charge in [-0.1, -0.05) is 0 Å². The number of carbonyl (C=O) groups excluding carboxylic acids is 1. The minimum absolute atomic E-state index is 0.0909. The van der Waals surface area contributed by atoms with Crippen LogP contribution in [0.15, 0.2) is 22.1 Å². The summed E-state index contributed by atoms with van der Waals surface area (Å²) >= 11 is 0. The number of halogens is 3. The second-order valence-corrected chi connectivity index (χ2v) is 4.60. The zero-order chi connectivity index (χ0) is 16.4. The van der Waals surface area contributed by atoms with Gasteiger partial charge < -0.3 is 9.47 Å². The van der Waals surface area contributed by atoms with E-state index in [9.17, 15) is 18.0 Å². The molecule has 0 saturated carbocycles. The van der Waals surface area contributed by atoms with Crippen molar-refractivity contribution in [1.82, 2.24) is 0 Å². The Bertz CT molecular complexity index is 674. The third-order valence-corrected chi connectivity index (χ3v) is 3.28. The minimum Gasteiger partial charge on any atom is -0.468 e. The maximum absolute atomic E-state index is 14.0. The fourth-order valence-corrected chi connectivity index (χ4v) is 2.21. The highest BCUT2D eigenvalue weighted by molar-refractivity contribution is 6.07. The zero-order valence-corrected chi connectivity index (χ0v) is 12.1. The molecule has 1 aromatic rings. The highest BCUT2D eigenvalue weighted by Crippen LogP contribution is 2.34. The Labute approximate surface area is 124 Å². The summed E-state index contributed by atoms with van der Waals surface area (Å²) in [5, 5.41) is 0. The third kappa shape index (κ3) is 2.81. The Morgan fingerprint density at radius 3 is 2.36 bits per heavy atom. The lowest BCUT2D eigenvalue weighted by Crippen LogP contribution is -2.33. The SMILES string of the molecule is COC(=O)C1C(C)=NC(OC)=NC1c1cc(F)c(F)cc1F. The molecule has 2 unspecified atom stereocenters. The minimum atomic E-state index is -1.33. The van der Waals surface area contributed by atoms with Crippen LogP contribution in [-0.2, 0) is 14.3 Å². The van der Waals surface area contributed by atoms with Crippen molar-refractivity contribution < 1.29 is 27.4 Å². The van der Waals surface area contributed by atoms with Crippen LogP contribution < -0.4 is 0 Å². The van der Waals surface area contributed by atoms with Crippen molar-refractivity contribution in [3.05, 3.63) is 35.1 Å². The van der Waals surface area contributed by atoms with Crippen LogP contribution in [0.5, 0.6) is 0 Å². The van der Waals surface area contributed by atoms with E-state index >= 15 is 0 Å². The number of amidine groups is 1. The number of benzene rings is 1. The number of carbonyl (C=O) groups is 1. The number of hydrogen-bond donors (Lipinski definition) is 0. The fourth-order valence-electron chi connectivity index (χ4n) is 2.21. The molecule has 1 aromatic carbocycles. The van der Waals surface area contributed by atoms with Crippen LogP contribution in [0.3, 0.4) is 0 Å². The monoisotopic (exact) mass is 314 g/mol. The number of methoxy groups -OCH3 is 2. The molecule has 1 aliphatic heterocycles. The molecule has 2 rings (SSSR count). The van der Waals surface area contributed by atoms with E-state index in [1.165, 1.54) is 14.0 Å². The summed E-state index contributed by atoms with van der Waals surface area (Å²) in [5.41, 5.74) is -0.00840. The first-order valence-corrected chi connectivity index (χ1v) is 6.28. The predicted octanol–water partition coefficient (Wildman–Crippen LogP) is 2.41. The molecule has 5 nitrogen and oxygen atoms in total. The number of rotatable bonds is 2. The van der Waals surface area contributed by atoms with E-state index in [1.807, 2.05) is 0 Å². The van der Waals surface area contributed by atoms with E-state index in [4.69, 9.17) is 4.74 Å². The molecule has 0 amide bonds. The standard InChI is InChI=1S/C14H13F3N2O3/c1-6-11(13(20)21-2)12(19-14(18-6)22-3)7-4-9(16)10(17)5-8(7)15/h4-5,11-12H,1-3H3. The van der Waals surface area contributed by atoms with Crippen molar-refractivity contribution in [2.75, 3.05) is 14.2 Å². The molecule has 118 valence electrons. The molecule has 0 bridgehead atoms. The molecular weight excluding hydrogens is 301 g/mol. The Balaban J connectivity index is 2.58. The molecule has 22 heavy (non-hydrogen) atoms. The molecule has 2 atom stereocenters. The van der Waals surface area contributed by atoms with Crippen molar-refractivity contribution in [1.29, 1.82) is 0 Å². The molecule has 0 aliphatic carbocycles. The predicted molar refractivity (Wildman–Crippen MR) is 72.1 cm³/mol. The molecule has 1 heterocycles. The first-order chi connectivity index (χ1) is 10.4. The molecular formula is C14H13F3N2O3. The van der Waals surface area contributed by atoms with Gasteiger partial charge in [0, 0.05) is 17.3 Å². The van der Waals surface area contributed by atoms with Crippen molar-refractivity contribution in [2.24, 2.45) is 15.9 Å². The number of ether oxygens (including phenoxy) is 2. The summed E-state index contributed by atoms with van der Waals surface area (Å²) in [7, 11) is 2.45. The van der Waals surface area contributed by atoms with E-state index in [2.05, 4.69) is 14.7 Å². The van der Waals surface area contributed by atoms with Crippen LogP contribution in [0.4, 0.5) is 13.2 Å². The molecule has 0 aromatic heterocycles. The summed E-state index contributed by atoms with van der Waals surface area (Å²) in [6.07, 6.45) is 0. The van der Waals surface area contributed by atoms with Gasteiger partial charge in [-0.2, -0.15) is 0 Å². The fraction of sp³-hybridized carbons (Fsp3) is 0.357. The molecule has 0 N–H and O–H groups in total. The molecule has 0 radical (unpaired) electrons. The second kappa shape index (κ2) is 6.17. The first-order valence-electron chi connectivity index (χ1n) is 6.28. The van der Waals surface area contributed by atoms with Gasteiger partial charge in [0.25, 0.3) is 0 Å². The summed E-state index contributed by atoms with van der Waals surface area (Å²) in [6.45, 7) is 1.51. The Morgan fingerprint density at radius 1 is 1.14 bits per heavy atom. The quantitative estimate of drug-likeness (QED) is 0.622. The van der Waals surface area contributed by atoms with Gasteiger partial charge >= 0.3 is 12.0 Å². The lowest BCUT2D eigenvalue weighted by molar-refractivity contribution is -0.143. The van der Waals surface area contributed by atoms with Gasteiger partial charge in [0.2, 0.25) is 0 Å². The highest BCUT2D eigenvalue weighted by atomic mass is 19.2. The average Bonchev–Trinajstić information content (AvgIpc) is 2.49. The average molecular weight is 314 g/mol. The second-order valence-electron chi connectivity index (χ2n) is 4.60. The maximum atomic E-state index is 14.0. The van der Waals surface area contributed by atoms with E-state index in [0.29, 0.717) is 12.1 Å². The normalized spacial score (nSPS) is 21.0. The Hall–Kier alpha value is -2.38. The van der Waals surface area contributed by atoms with Crippen LogP contribution in [-0.4, -0.2) is 31.9 Å². The van der Waals surface area contributed by atoms with Crippen molar-refractivity contribution in [3.8, 4) is 0 Å². The summed E-state index contributed by atoms with van der Waals surface area (Å²) in [5.74, 6) is -5.35. The van der Waals surface area contributed by atoms with Crippen molar-refractivity contribution in [2.45, 2.75) is 13.0 Å². The van der Waals surface area contributed by atoms with Gasteiger partial charge in [-0.15, -0.1) is 0 Å². The van der Waals surface area contributed by atoms with E-state index in [0.717, 1.165) is 7.11 Å². The first kappa shape index (κ1) is 16.0. The van der Waals surface area contributed by atoms with Crippen LogP contribution >= 0.6 is 0 Å². The van der Waals surface area contributed by atoms with E-state index in [1.54, 1.807) is 0 Å². The lowest BCUT2D eigenvalue weighted by Gasteiger charge is -2.26. The van der Waals surface area contributed by atoms with Gasteiger partial charge in [-0.05, 0) is 13.0 Å². The van der Waals surface area contributed by atoms with Crippen LogP contribution in [0.2, 0.25) is 0 Å². The molecule has 1 aliphatic rings. The van der Waals surface area contributed by atoms with Gasteiger partial charge in [0.05, 0.1) is 14.2 Å². The lowest BCUT2D eigenvalue weighted by atomic mass is 9.88. The summed E-state index contributed by atoms with van der Waals surface area (Å²) < 4.78 is 50.1. The third-order valence-electron chi connectivity index (χ3n) is 3.28. The largest absolute Gasteiger partial charge is 0.468 e. The van der Waals surface area contributed by atoms with Crippen LogP contribution in [0.1, 0.15) is 18.5 Å². The van der Waals surface area contributed by atoms with Crippen molar-refractivity contribution in [3.63, 3.8) is 0 Å². The molecule has 0 fully saturated rings. The van der Waals surface area contributed by atoms with Crippen molar-refractivity contribution >= 4 is 17.7 Å². The number of aliphatic imine (C=N–C) groups is 2. The topological polar surface area (TPSA) is 60.2 Å². The van der Waals surface area contributed by atoms with Gasteiger partial charge in [0.1, 0.15) is 17.8 Å².